The Labute approximate surface area is 120 Å². The normalized spacial score (nSPS) is 16.1. The van der Waals surface area contributed by atoms with Gasteiger partial charge in [-0.2, -0.15) is 0 Å². The number of nitrogens with two attached hydrogens (primary N) is 1. The highest BCUT2D eigenvalue weighted by Crippen LogP contribution is 2.20. The van der Waals surface area contributed by atoms with Gasteiger partial charge in [-0.15, -0.1) is 0 Å². The summed E-state index contributed by atoms with van der Waals surface area (Å²) in [4.78, 5) is 11.3. The molecule has 3 N–H and O–H groups in total. The molecule has 1 aromatic rings. The molecule has 0 heterocycles. The molecule has 20 heavy (non-hydrogen) atoms. The topological polar surface area (TPSA) is 64.3 Å². The minimum atomic E-state index is -0.00492. The summed E-state index contributed by atoms with van der Waals surface area (Å²) in [6.45, 7) is 2.99. The minimum Gasteiger partial charge on any atom is -0.398 e. The Bertz CT molecular complexity index is 454. The molecule has 1 fully saturated rings. The van der Waals surface area contributed by atoms with Gasteiger partial charge in [0.15, 0.2) is 5.78 Å². The maximum Gasteiger partial charge on any atom is 0.161 e. The molecule has 1 aliphatic carbocycles. The predicted octanol–water partition coefficient (Wildman–Crippen LogP) is 3.23. The summed E-state index contributed by atoms with van der Waals surface area (Å²) >= 11 is 0. The van der Waals surface area contributed by atoms with Crippen LogP contribution in [-0.4, -0.2) is 25.0 Å². The summed E-state index contributed by atoms with van der Waals surface area (Å²) < 4.78 is 5.85. The van der Waals surface area contributed by atoms with Crippen LogP contribution in [0.25, 0.3) is 0 Å². The van der Waals surface area contributed by atoms with E-state index in [9.17, 15) is 4.79 Å². The highest BCUT2D eigenvalue weighted by Gasteiger charge is 2.13. The van der Waals surface area contributed by atoms with Gasteiger partial charge in [-0.25, -0.2) is 0 Å². The zero-order valence-electron chi connectivity index (χ0n) is 12.2. The first kappa shape index (κ1) is 14.9. The van der Waals surface area contributed by atoms with E-state index in [0.29, 0.717) is 24.0 Å². The van der Waals surface area contributed by atoms with Gasteiger partial charge in [0.05, 0.1) is 12.7 Å². The SMILES string of the molecule is CC(=O)c1ccc(NCCOC2CCCCC2)cc1N. The fraction of sp³-hybridized carbons (Fsp3) is 0.562. The summed E-state index contributed by atoms with van der Waals surface area (Å²) in [5.41, 5.74) is 7.88. The molecule has 0 saturated heterocycles. The lowest BCUT2D eigenvalue weighted by molar-refractivity contribution is 0.0347. The number of carbonyl (C=O) groups is 1. The van der Waals surface area contributed by atoms with E-state index in [2.05, 4.69) is 5.32 Å². The third kappa shape index (κ3) is 4.23. The molecule has 4 nitrogen and oxygen atoms in total. The van der Waals surface area contributed by atoms with Gasteiger partial charge < -0.3 is 15.8 Å². The van der Waals surface area contributed by atoms with Gasteiger partial charge in [0.25, 0.3) is 0 Å². The number of hydrogen-bond acceptors (Lipinski definition) is 4. The van der Waals surface area contributed by atoms with Gasteiger partial charge in [-0.05, 0) is 38.0 Å². The van der Waals surface area contributed by atoms with E-state index in [1.54, 1.807) is 12.1 Å². The third-order valence-corrected chi connectivity index (χ3v) is 3.77. The number of hydrogen-bond donors (Lipinski definition) is 2. The lowest BCUT2D eigenvalue weighted by Gasteiger charge is -2.22. The molecule has 0 bridgehead atoms. The van der Waals surface area contributed by atoms with Crippen LogP contribution in [0.15, 0.2) is 18.2 Å². The number of Topliss-reactive ketones (excluding diaryl/α,β-unsaturated/α-hetero) is 1. The van der Waals surface area contributed by atoms with Gasteiger partial charge in [-0.1, -0.05) is 19.3 Å². The number of nitrogen functional groups attached to an aromatic ring is 1. The molecular formula is C16H24N2O2. The van der Waals surface area contributed by atoms with Crippen LogP contribution in [0.5, 0.6) is 0 Å². The van der Waals surface area contributed by atoms with Crippen molar-refractivity contribution in [1.29, 1.82) is 0 Å². The maximum absolute atomic E-state index is 11.3. The van der Waals surface area contributed by atoms with Gasteiger partial charge in [0.2, 0.25) is 0 Å². The highest BCUT2D eigenvalue weighted by atomic mass is 16.5. The third-order valence-electron chi connectivity index (χ3n) is 3.77. The average Bonchev–Trinajstić information content (AvgIpc) is 2.44. The van der Waals surface area contributed by atoms with Crippen molar-refractivity contribution in [2.75, 3.05) is 24.2 Å². The zero-order valence-corrected chi connectivity index (χ0v) is 12.2. The fourth-order valence-electron chi connectivity index (χ4n) is 2.65. The first-order valence-corrected chi connectivity index (χ1v) is 7.43. The number of rotatable bonds is 6. The van der Waals surface area contributed by atoms with Gasteiger partial charge in [0.1, 0.15) is 0 Å². The second-order valence-electron chi connectivity index (χ2n) is 5.42. The molecule has 2 rings (SSSR count). The van der Waals surface area contributed by atoms with Crippen molar-refractivity contribution in [2.45, 2.75) is 45.1 Å². The van der Waals surface area contributed by atoms with Crippen LogP contribution < -0.4 is 11.1 Å². The van der Waals surface area contributed by atoms with Crippen LogP contribution in [0.2, 0.25) is 0 Å². The quantitative estimate of drug-likeness (QED) is 0.475. The van der Waals surface area contributed by atoms with E-state index in [1.165, 1.54) is 39.0 Å². The monoisotopic (exact) mass is 276 g/mol. The molecule has 0 spiro atoms. The molecule has 1 aliphatic rings. The van der Waals surface area contributed by atoms with Crippen LogP contribution in [0, 0.1) is 0 Å². The molecule has 1 aromatic carbocycles. The van der Waals surface area contributed by atoms with Crippen molar-refractivity contribution in [3.8, 4) is 0 Å². The lowest BCUT2D eigenvalue weighted by Crippen LogP contribution is -2.20. The van der Waals surface area contributed by atoms with E-state index in [1.807, 2.05) is 6.07 Å². The first-order chi connectivity index (χ1) is 9.66. The largest absolute Gasteiger partial charge is 0.398 e. The summed E-state index contributed by atoms with van der Waals surface area (Å²) in [6.07, 6.45) is 6.76. The van der Waals surface area contributed by atoms with Crippen LogP contribution in [0.3, 0.4) is 0 Å². The Hall–Kier alpha value is -1.55. The number of ether oxygens (including phenoxy) is 1. The Morgan fingerprint density at radius 1 is 1.35 bits per heavy atom. The van der Waals surface area contributed by atoms with Crippen LogP contribution in [0.1, 0.15) is 49.4 Å². The Morgan fingerprint density at radius 2 is 2.10 bits per heavy atom. The molecule has 4 heteroatoms. The molecule has 0 radical (unpaired) electrons. The van der Waals surface area contributed by atoms with Crippen LogP contribution >= 0.6 is 0 Å². The van der Waals surface area contributed by atoms with E-state index in [4.69, 9.17) is 10.5 Å². The zero-order chi connectivity index (χ0) is 14.4. The number of carbonyl (C=O) groups excluding carboxylic acids is 1. The van der Waals surface area contributed by atoms with E-state index in [-0.39, 0.29) is 5.78 Å². The van der Waals surface area contributed by atoms with Crippen molar-refractivity contribution in [3.05, 3.63) is 23.8 Å². The van der Waals surface area contributed by atoms with E-state index in [0.717, 1.165) is 12.2 Å². The first-order valence-electron chi connectivity index (χ1n) is 7.43. The van der Waals surface area contributed by atoms with Gasteiger partial charge in [0, 0.05) is 23.5 Å². The van der Waals surface area contributed by atoms with Crippen molar-refractivity contribution in [1.82, 2.24) is 0 Å². The van der Waals surface area contributed by atoms with E-state index < -0.39 is 0 Å². The highest BCUT2D eigenvalue weighted by molar-refractivity contribution is 5.99. The summed E-state index contributed by atoms with van der Waals surface area (Å²) in [6, 6.07) is 5.45. The van der Waals surface area contributed by atoms with Gasteiger partial charge >= 0.3 is 0 Å². The summed E-state index contributed by atoms with van der Waals surface area (Å²) in [7, 11) is 0. The smallest absolute Gasteiger partial charge is 0.161 e. The van der Waals surface area contributed by atoms with Crippen molar-refractivity contribution in [2.24, 2.45) is 0 Å². The Morgan fingerprint density at radius 3 is 2.75 bits per heavy atom. The minimum absolute atomic E-state index is 0.00492. The van der Waals surface area contributed by atoms with Gasteiger partial charge in [-0.3, -0.25) is 4.79 Å². The molecule has 0 atom stereocenters. The molecule has 110 valence electrons. The number of ketones is 1. The molecule has 0 aliphatic heterocycles. The number of anilines is 2. The molecule has 1 saturated carbocycles. The van der Waals surface area contributed by atoms with Crippen molar-refractivity contribution in [3.63, 3.8) is 0 Å². The average molecular weight is 276 g/mol. The number of nitrogens with one attached hydrogen (secondary N) is 1. The molecule has 0 unspecified atom stereocenters. The molecule has 0 amide bonds. The Kier molecular flexibility index (Phi) is 5.41. The molecule has 0 aromatic heterocycles. The lowest BCUT2D eigenvalue weighted by atomic mass is 9.98. The molecular weight excluding hydrogens is 252 g/mol. The van der Waals surface area contributed by atoms with Crippen molar-refractivity contribution >= 4 is 17.2 Å². The van der Waals surface area contributed by atoms with E-state index >= 15 is 0 Å². The Balaban J connectivity index is 1.73. The fourth-order valence-corrected chi connectivity index (χ4v) is 2.65. The number of benzene rings is 1. The second kappa shape index (κ2) is 7.29. The van der Waals surface area contributed by atoms with Crippen LogP contribution in [0.4, 0.5) is 11.4 Å². The van der Waals surface area contributed by atoms with Crippen molar-refractivity contribution < 1.29 is 9.53 Å². The second-order valence-corrected chi connectivity index (χ2v) is 5.42. The van der Waals surface area contributed by atoms with Crippen LogP contribution in [-0.2, 0) is 4.74 Å². The predicted molar refractivity (Wildman–Crippen MR) is 82.2 cm³/mol. The maximum atomic E-state index is 11.3. The standard InChI is InChI=1S/C16H24N2O2/c1-12(19)15-8-7-13(11-16(15)17)18-9-10-20-14-5-3-2-4-6-14/h7-8,11,14,18H,2-6,9-10,17H2,1H3. The summed E-state index contributed by atoms with van der Waals surface area (Å²) in [5, 5.41) is 3.27. The summed E-state index contributed by atoms with van der Waals surface area (Å²) in [5.74, 6) is -0.00492.